The van der Waals surface area contributed by atoms with Crippen molar-refractivity contribution in [2.75, 3.05) is 0 Å². The lowest BCUT2D eigenvalue weighted by Crippen LogP contribution is -2.22. The molecule has 0 aliphatic carbocycles. The maximum Gasteiger partial charge on any atom is 0.336 e. The predicted molar refractivity (Wildman–Crippen MR) is 117 cm³/mol. The van der Waals surface area contributed by atoms with E-state index in [4.69, 9.17) is 0 Å². The Bertz CT molecular complexity index is 1430. The minimum Gasteiger partial charge on any atom is -0.545 e. The van der Waals surface area contributed by atoms with Crippen LogP contribution in [0.5, 0.6) is 0 Å². The molecule has 0 atom stereocenters. The van der Waals surface area contributed by atoms with Crippen molar-refractivity contribution in [1.29, 1.82) is 0 Å². The first kappa shape index (κ1) is 19.3. The van der Waals surface area contributed by atoms with Crippen LogP contribution >= 0.6 is 0 Å². The third kappa shape index (κ3) is 3.31. The highest BCUT2D eigenvalue weighted by molar-refractivity contribution is 6.04. The number of nitrogens with zero attached hydrogens (tertiary/aromatic N) is 3. The number of pyridine rings is 3. The number of carbonyl (C=O) groups excluding carboxylic acids is 1. The van der Waals surface area contributed by atoms with Crippen LogP contribution in [0.1, 0.15) is 20.7 Å². The molecule has 0 amide bonds. The van der Waals surface area contributed by atoms with E-state index < -0.39 is 11.9 Å². The van der Waals surface area contributed by atoms with E-state index in [0.717, 1.165) is 0 Å². The van der Waals surface area contributed by atoms with Crippen molar-refractivity contribution < 1.29 is 19.8 Å². The second kappa shape index (κ2) is 7.55. The zero-order valence-electron chi connectivity index (χ0n) is 16.5. The van der Waals surface area contributed by atoms with Gasteiger partial charge in [0.25, 0.3) is 0 Å². The molecule has 3 heterocycles. The normalized spacial score (nSPS) is 11.0. The molecule has 154 valence electrons. The largest absolute Gasteiger partial charge is 0.545 e. The first-order chi connectivity index (χ1) is 15.5. The molecule has 0 saturated carbocycles. The molecule has 0 fully saturated rings. The summed E-state index contributed by atoms with van der Waals surface area (Å²) in [5.41, 5.74) is 2.83. The topological polar surface area (TPSA) is 116 Å². The molecule has 0 bridgehead atoms. The summed E-state index contributed by atoms with van der Waals surface area (Å²) >= 11 is 0. The summed E-state index contributed by atoms with van der Waals surface area (Å²) in [6.45, 7) is 0. The second-order valence-corrected chi connectivity index (χ2v) is 7.15. The molecule has 0 saturated heterocycles. The van der Waals surface area contributed by atoms with Crippen LogP contribution in [0, 0.1) is 0 Å². The molecule has 0 aliphatic heterocycles. The summed E-state index contributed by atoms with van der Waals surface area (Å²) in [5, 5.41) is 22.4. The van der Waals surface area contributed by atoms with Crippen molar-refractivity contribution in [3.63, 3.8) is 0 Å². The van der Waals surface area contributed by atoms with Gasteiger partial charge in [0.05, 0.1) is 45.3 Å². The van der Waals surface area contributed by atoms with Gasteiger partial charge in [-0.05, 0) is 36.4 Å². The highest BCUT2D eigenvalue weighted by atomic mass is 16.4. The van der Waals surface area contributed by atoms with Gasteiger partial charge in [-0.3, -0.25) is 0 Å². The monoisotopic (exact) mass is 420 g/mol. The fourth-order valence-corrected chi connectivity index (χ4v) is 3.68. The number of para-hydroxylation sites is 2. The summed E-state index contributed by atoms with van der Waals surface area (Å²) in [7, 11) is 0. The number of aromatic carboxylic acids is 2. The molecule has 1 N–H and O–H groups in total. The van der Waals surface area contributed by atoms with Gasteiger partial charge in [-0.15, -0.1) is 0 Å². The van der Waals surface area contributed by atoms with E-state index in [9.17, 15) is 19.8 Å². The van der Waals surface area contributed by atoms with Crippen molar-refractivity contribution in [1.82, 2.24) is 15.0 Å². The summed E-state index contributed by atoms with van der Waals surface area (Å²) in [4.78, 5) is 37.2. The van der Waals surface area contributed by atoms with Gasteiger partial charge in [-0.2, -0.15) is 0 Å². The number of carboxylic acid groups (broad SMARTS) is 2. The Labute approximate surface area is 181 Å². The molecule has 3 aromatic heterocycles. The number of hydrogen-bond donors (Lipinski definition) is 1. The molecule has 0 spiro atoms. The summed E-state index contributed by atoms with van der Waals surface area (Å²) < 4.78 is 0. The lowest BCUT2D eigenvalue weighted by Gasteiger charge is -2.11. The SMILES string of the molecule is O=C([O-])c1cc(-c2cccc(-c3cc(C(=O)O)c4ccccc4n3)n2)nc2ccccc12. The fourth-order valence-electron chi connectivity index (χ4n) is 3.68. The standard InChI is InChI=1S/C25H15N3O4/c29-24(30)16-12-22(26-18-8-3-1-6-14(16)18)20-10-5-11-21(28-20)23-13-17(25(31)32)15-7-2-4-9-19(15)27-23/h1-13H,(H,29,30)(H,31,32)/p-1. The number of benzene rings is 2. The molecule has 5 aromatic rings. The first-order valence-electron chi connectivity index (χ1n) is 9.73. The average molecular weight is 420 g/mol. The Morgan fingerprint density at radius 2 is 1.12 bits per heavy atom. The first-order valence-corrected chi connectivity index (χ1v) is 9.73. The molecule has 7 heteroatoms. The van der Waals surface area contributed by atoms with E-state index in [-0.39, 0.29) is 11.1 Å². The van der Waals surface area contributed by atoms with E-state index in [2.05, 4.69) is 15.0 Å². The van der Waals surface area contributed by atoms with Crippen molar-refractivity contribution >= 4 is 33.7 Å². The molecular weight excluding hydrogens is 406 g/mol. The van der Waals surface area contributed by atoms with Crippen LogP contribution in [0.15, 0.2) is 78.9 Å². The van der Waals surface area contributed by atoms with Gasteiger partial charge in [0.1, 0.15) is 0 Å². The van der Waals surface area contributed by atoms with E-state index in [0.29, 0.717) is 44.6 Å². The lowest BCUT2D eigenvalue weighted by atomic mass is 10.1. The number of rotatable bonds is 4. The van der Waals surface area contributed by atoms with Gasteiger partial charge < -0.3 is 15.0 Å². The highest BCUT2D eigenvalue weighted by Gasteiger charge is 2.15. The van der Waals surface area contributed by atoms with Gasteiger partial charge in [0.15, 0.2) is 0 Å². The maximum absolute atomic E-state index is 11.8. The van der Waals surface area contributed by atoms with Crippen molar-refractivity contribution in [3.05, 3.63) is 90.0 Å². The van der Waals surface area contributed by atoms with Gasteiger partial charge in [0, 0.05) is 16.3 Å². The zero-order chi connectivity index (χ0) is 22.2. The third-order valence-electron chi connectivity index (χ3n) is 5.16. The summed E-state index contributed by atoms with van der Waals surface area (Å²) in [6.07, 6.45) is 0. The minimum atomic E-state index is -1.30. The summed E-state index contributed by atoms with van der Waals surface area (Å²) in [5.74, 6) is -2.36. The molecule has 32 heavy (non-hydrogen) atoms. The van der Waals surface area contributed by atoms with E-state index >= 15 is 0 Å². The molecule has 0 radical (unpaired) electrons. The van der Waals surface area contributed by atoms with Crippen molar-refractivity contribution in [3.8, 4) is 22.8 Å². The molecule has 0 unspecified atom stereocenters. The van der Waals surface area contributed by atoms with Crippen LogP contribution in [-0.4, -0.2) is 32.0 Å². The van der Waals surface area contributed by atoms with Crippen LogP contribution in [0.25, 0.3) is 44.6 Å². The van der Waals surface area contributed by atoms with E-state index in [1.807, 2.05) is 0 Å². The lowest BCUT2D eigenvalue weighted by molar-refractivity contribution is -0.254. The molecule has 0 aliphatic rings. The van der Waals surface area contributed by atoms with Crippen LogP contribution in [0.3, 0.4) is 0 Å². The van der Waals surface area contributed by atoms with Crippen LogP contribution in [0.4, 0.5) is 0 Å². The van der Waals surface area contributed by atoms with Gasteiger partial charge >= 0.3 is 5.97 Å². The van der Waals surface area contributed by atoms with Gasteiger partial charge in [0.2, 0.25) is 0 Å². The minimum absolute atomic E-state index is 0.0230. The quantitative estimate of drug-likeness (QED) is 0.472. The van der Waals surface area contributed by atoms with E-state index in [1.165, 1.54) is 12.1 Å². The Morgan fingerprint density at radius 3 is 1.66 bits per heavy atom. The van der Waals surface area contributed by atoms with E-state index in [1.54, 1.807) is 66.7 Å². The van der Waals surface area contributed by atoms with Gasteiger partial charge in [-0.1, -0.05) is 42.5 Å². The van der Waals surface area contributed by atoms with Gasteiger partial charge in [-0.25, -0.2) is 19.7 Å². The maximum atomic E-state index is 11.8. The fraction of sp³-hybridized carbons (Fsp3) is 0. The predicted octanol–water partition coefficient (Wildman–Crippen LogP) is 3.57. The highest BCUT2D eigenvalue weighted by Crippen LogP contribution is 2.27. The Morgan fingerprint density at radius 1 is 0.625 bits per heavy atom. The molecule has 2 aromatic carbocycles. The summed E-state index contributed by atoms with van der Waals surface area (Å²) in [6, 6.07) is 22.0. The smallest absolute Gasteiger partial charge is 0.336 e. The number of carbonyl (C=O) groups is 2. The van der Waals surface area contributed by atoms with Crippen molar-refractivity contribution in [2.24, 2.45) is 0 Å². The van der Waals surface area contributed by atoms with Crippen LogP contribution in [0.2, 0.25) is 0 Å². The molecule has 7 nitrogen and oxygen atoms in total. The molecule has 5 rings (SSSR count). The Balaban J connectivity index is 1.68. The molecular formula is C25H14N3O4-. The average Bonchev–Trinajstić information content (AvgIpc) is 2.82. The van der Waals surface area contributed by atoms with Crippen LogP contribution < -0.4 is 5.11 Å². The van der Waals surface area contributed by atoms with Crippen LogP contribution in [-0.2, 0) is 0 Å². The second-order valence-electron chi connectivity index (χ2n) is 7.15. The number of hydrogen-bond acceptors (Lipinski definition) is 6. The zero-order valence-corrected chi connectivity index (χ0v) is 16.5. The Kier molecular flexibility index (Phi) is 4.56. The third-order valence-corrected chi connectivity index (χ3v) is 5.16. The van der Waals surface area contributed by atoms with Crippen molar-refractivity contribution in [2.45, 2.75) is 0 Å². The Hall–Kier alpha value is -4.65. The number of aromatic nitrogens is 3. The number of carboxylic acids is 2. The number of fused-ring (bicyclic) bond motifs is 2.